The molecule has 0 aliphatic carbocycles. The van der Waals surface area contributed by atoms with Crippen LogP contribution in [-0.2, 0) is 4.79 Å². The number of benzene rings is 1. The maximum absolute atomic E-state index is 12.0. The number of halogens is 1. The van der Waals surface area contributed by atoms with Gasteiger partial charge >= 0.3 is 0 Å². The monoisotopic (exact) mass is 252 g/mol. The topological polar surface area (TPSA) is 41.1 Å². The lowest BCUT2D eigenvalue weighted by Crippen LogP contribution is -2.43. The van der Waals surface area contributed by atoms with Gasteiger partial charge < -0.3 is 10.6 Å². The minimum Gasteiger partial charge on any atom is -0.324 e. The van der Waals surface area contributed by atoms with Crippen molar-refractivity contribution in [1.29, 1.82) is 0 Å². The van der Waals surface area contributed by atoms with Crippen molar-refractivity contribution >= 4 is 23.2 Å². The van der Waals surface area contributed by atoms with Gasteiger partial charge in [-0.15, -0.1) is 0 Å². The van der Waals surface area contributed by atoms with Crippen LogP contribution in [0.2, 0.25) is 5.02 Å². The highest BCUT2D eigenvalue weighted by Gasteiger charge is 2.20. The van der Waals surface area contributed by atoms with Gasteiger partial charge in [-0.25, -0.2) is 0 Å². The van der Waals surface area contributed by atoms with E-state index in [2.05, 4.69) is 10.6 Å². The van der Waals surface area contributed by atoms with E-state index in [1.165, 1.54) is 0 Å². The van der Waals surface area contributed by atoms with Crippen LogP contribution in [-0.4, -0.2) is 18.5 Å². The van der Waals surface area contributed by atoms with Crippen LogP contribution in [0.1, 0.15) is 24.8 Å². The Labute approximate surface area is 107 Å². The Morgan fingerprint density at radius 1 is 1.47 bits per heavy atom. The molecule has 2 N–H and O–H groups in total. The predicted octanol–water partition coefficient (Wildman–Crippen LogP) is 2.73. The normalized spacial score (nSPS) is 20.0. The Morgan fingerprint density at radius 2 is 2.29 bits per heavy atom. The van der Waals surface area contributed by atoms with Crippen molar-refractivity contribution in [3.8, 4) is 0 Å². The number of piperidine rings is 1. The molecule has 17 heavy (non-hydrogen) atoms. The van der Waals surface area contributed by atoms with E-state index in [1.54, 1.807) is 6.07 Å². The summed E-state index contributed by atoms with van der Waals surface area (Å²) in [7, 11) is 0. The van der Waals surface area contributed by atoms with Crippen LogP contribution >= 0.6 is 11.6 Å². The molecule has 1 aromatic carbocycles. The van der Waals surface area contributed by atoms with E-state index < -0.39 is 0 Å². The van der Waals surface area contributed by atoms with E-state index >= 15 is 0 Å². The highest BCUT2D eigenvalue weighted by Crippen LogP contribution is 2.20. The van der Waals surface area contributed by atoms with E-state index in [1.807, 2.05) is 19.1 Å². The van der Waals surface area contributed by atoms with E-state index in [0.717, 1.165) is 37.1 Å². The molecule has 0 unspecified atom stereocenters. The number of amides is 1. The van der Waals surface area contributed by atoms with Crippen molar-refractivity contribution in [3.63, 3.8) is 0 Å². The Kier molecular flexibility index (Phi) is 4.02. The summed E-state index contributed by atoms with van der Waals surface area (Å²) in [6.45, 7) is 2.87. The average Bonchev–Trinajstić information content (AvgIpc) is 2.34. The predicted molar refractivity (Wildman–Crippen MR) is 70.5 cm³/mol. The summed E-state index contributed by atoms with van der Waals surface area (Å²) in [5, 5.41) is 6.87. The Morgan fingerprint density at radius 3 is 2.94 bits per heavy atom. The Balaban J connectivity index is 2.02. The first-order chi connectivity index (χ1) is 8.16. The van der Waals surface area contributed by atoms with Crippen LogP contribution in [0.5, 0.6) is 0 Å². The van der Waals surface area contributed by atoms with Gasteiger partial charge in [0, 0.05) is 10.7 Å². The zero-order valence-corrected chi connectivity index (χ0v) is 10.7. The van der Waals surface area contributed by atoms with Crippen molar-refractivity contribution in [1.82, 2.24) is 5.32 Å². The number of nitrogens with one attached hydrogen (secondary N) is 2. The standard InChI is InChI=1S/C13H17ClN2O/c1-9-8-10(14)5-6-11(9)16-13(17)12-4-2-3-7-15-12/h5-6,8,12,15H,2-4,7H2,1H3,(H,16,17)/t12-/m0/s1. The lowest BCUT2D eigenvalue weighted by Gasteiger charge is -2.22. The van der Waals surface area contributed by atoms with Crippen molar-refractivity contribution in [2.45, 2.75) is 32.2 Å². The van der Waals surface area contributed by atoms with Crippen molar-refractivity contribution < 1.29 is 4.79 Å². The molecule has 2 rings (SSSR count). The van der Waals surface area contributed by atoms with Crippen LogP contribution in [0.15, 0.2) is 18.2 Å². The maximum Gasteiger partial charge on any atom is 0.241 e. The molecule has 0 spiro atoms. The maximum atomic E-state index is 12.0. The summed E-state index contributed by atoms with van der Waals surface area (Å²) >= 11 is 5.88. The molecule has 0 radical (unpaired) electrons. The largest absolute Gasteiger partial charge is 0.324 e. The average molecular weight is 253 g/mol. The quantitative estimate of drug-likeness (QED) is 0.850. The van der Waals surface area contributed by atoms with Crippen molar-refractivity contribution in [2.75, 3.05) is 11.9 Å². The van der Waals surface area contributed by atoms with E-state index in [0.29, 0.717) is 5.02 Å². The van der Waals surface area contributed by atoms with Gasteiger partial charge in [0.05, 0.1) is 6.04 Å². The van der Waals surface area contributed by atoms with Crippen molar-refractivity contribution in [3.05, 3.63) is 28.8 Å². The Hall–Kier alpha value is -1.06. The van der Waals surface area contributed by atoms with E-state index in [-0.39, 0.29) is 11.9 Å². The van der Waals surface area contributed by atoms with Crippen LogP contribution in [0.4, 0.5) is 5.69 Å². The number of carbonyl (C=O) groups is 1. The second-order valence-electron chi connectivity index (χ2n) is 4.45. The Bertz CT molecular complexity index is 414. The van der Waals surface area contributed by atoms with Gasteiger partial charge in [0.15, 0.2) is 0 Å². The summed E-state index contributed by atoms with van der Waals surface area (Å²) in [5.41, 5.74) is 1.83. The minimum atomic E-state index is -0.0566. The summed E-state index contributed by atoms with van der Waals surface area (Å²) in [5.74, 6) is 0.0510. The molecule has 1 fully saturated rings. The van der Waals surface area contributed by atoms with Crippen LogP contribution < -0.4 is 10.6 Å². The fraction of sp³-hybridized carbons (Fsp3) is 0.462. The number of hydrogen-bond donors (Lipinski definition) is 2. The molecular formula is C13H17ClN2O. The summed E-state index contributed by atoms with van der Waals surface area (Å²) < 4.78 is 0. The number of anilines is 1. The summed E-state index contributed by atoms with van der Waals surface area (Å²) in [6, 6.07) is 5.43. The number of rotatable bonds is 2. The first-order valence-electron chi connectivity index (χ1n) is 5.97. The molecule has 1 heterocycles. The molecule has 1 amide bonds. The van der Waals surface area contributed by atoms with Gasteiger partial charge in [0.1, 0.15) is 0 Å². The third-order valence-electron chi connectivity index (χ3n) is 3.07. The molecule has 0 aromatic heterocycles. The third-order valence-corrected chi connectivity index (χ3v) is 3.31. The second-order valence-corrected chi connectivity index (χ2v) is 4.89. The number of aryl methyl sites for hydroxylation is 1. The van der Waals surface area contributed by atoms with Gasteiger partial charge in [-0.1, -0.05) is 18.0 Å². The first kappa shape index (κ1) is 12.4. The van der Waals surface area contributed by atoms with Crippen LogP contribution in [0, 0.1) is 6.92 Å². The molecule has 3 nitrogen and oxygen atoms in total. The highest BCUT2D eigenvalue weighted by atomic mass is 35.5. The lowest BCUT2D eigenvalue weighted by molar-refractivity contribution is -0.118. The first-order valence-corrected chi connectivity index (χ1v) is 6.35. The van der Waals surface area contributed by atoms with Gasteiger partial charge in [0.2, 0.25) is 5.91 Å². The van der Waals surface area contributed by atoms with E-state index in [4.69, 9.17) is 11.6 Å². The second kappa shape index (κ2) is 5.52. The fourth-order valence-corrected chi connectivity index (χ4v) is 2.29. The third kappa shape index (κ3) is 3.20. The van der Waals surface area contributed by atoms with Gasteiger partial charge in [0.25, 0.3) is 0 Å². The van der Waals surface area contributed by atoms with Crippen LogP contribution in [0.3, 0.4) is 0 Å². The molecule has 1 saturated heterocycles. The zero-order chi connectivity index (χ0) is 12.3. The molecule has 0 saturated carbocycles. The number of carbonyl (C=O) groups excluding carboxylic acids is 1. The number of hydrogen-bond acceptors (Lipinski definition) is 2. The molecule has 0 bridgehead atoms. The van der Waals surface area contributed by atoms with Crippen molar-refractivity contribution in [2.24, 2.45) is 0 Å². The zero-order valence-electron chi connectivity index (χ0n) is 9.92. The smallest absolute Gasteiger partial charge is 0.241 e. The summed E-state index contributed by atoms with van der Waals surface area (Å²) in [6.07, 6.45) is 3.19. The van der Waals surface area contributed by atoms with Gasteiger partial charge in [-0.05, 0) is 50.1 Å². The van der Waals surface area contributed by atoms with Gasteiger partial charge in [-0.2, -0.15) is 0 Å². The van der Waals surface area contributed by atoms with E-state index in [9.17, 15) is 4.79 Å². The molecule has 4 heteroatoms. The lowest BCUT2D eigenvalue weighted by atomic mass is 10.0. The molecule has 1 aromatic rings. The molecular weight excluding hydrogens is 236 g/mol. The highest BCUT2D eigenvalue weighted by molar-refractivity contribution is 6.30. The fourth-order valence-electron chi connectivity index (χ4n) is 2.06. The van der Waals surface area contributed by atoms with Crippen LogP contribution in [0.25, 0.3) is 0 Å². The van der Waals surface area contributed by atoms with Gasteiger partial charge in [-0.3, -0.25) is 4.79 Å². The SMILES string of the molecule is Cc1cc(Cl)ccc1NC(=O)[C@@H]1CCCCN1. The molecule has 1 atom stereocenters. The molecule has 1 aliphatic heterocycles. The summed E-state index contributed by atoms with van der Waals surface area (Å²) in [4.78, 5) is 12.0. The molecule has 92 valence electrons. The minimum absolute atomic E-state index is 0.0510. The molecule has 1 aliphatic rings.